The summed E-state index contributed by atoms with van der Waals surface area (Å²) in [5.41, 5.74) is 6.41. The molecule has 0 saturated heterocycles. The van der Waals surface area contributed by atoms with Gasteiger partial charge in [-0.15, -0.1) is 0 Å². The summed E-state index contributed by atoms with van der Waals surface area (Å²) in [5.74, 6) is 0.745. The van der Waals surface area contributed by atoms with Crippen LogP contribution in [0.3, 0.4) is 0 Å². The smallest absolute Gasteiger partial charge is 0.259 e. The van der Waals surface area contributed by atoms with Crippen molar-refractivity contribution in [3.05, 3.63) is 30.1 Å². The zero-order valence-electron chi connectivity index (χ0n) is 9.01. The van der Waals surface area contributed by atoms with Gasteiger partial charge in [0.15, 0.2) is 5.82 Å². The Bertz CT molecular complexity index is 538. The zero-order chi connectivity index (χ0) is 11.8. The van der Waals surface area contributed by atoms with Gasteiger partial charge in [0.25, 0.3) is 5.89 Å². The molecule has 3 rings (SSSR count). The minimum absolute atomic E-state index is 0.186. The topological polar surface area (TPSA) is 77.8 Å². The van der Waals surface area contributed by atoms with E-state index in [0.717, 1.165) is 19.0 Å². The number of aromatic nitrogens is 3. The molecule has 88 valence electrons. The Labute approximate surface area is 96.9 Å². The molecule has 2 heterocycles. The van der Waals surface area contributed by atoms with Crippen LogP contribution < -0.4 is 5.73 Å². The van der Waals surface area contributed by atoms with E-state index in [1.807, 2.05) is 0 Å². The predicted molar refractivity (Wildman–Crippen MR) is 57.1 cm³/mol. The number of hydrogen-bond acceptors (Lipinski definition) is 5. The summed E-state index contributed by atoms with van der Waals surface area (Å²) in [6, 6.07) is 1.11. The van der Waals surface area contributed by atoms with E-state index in [4.69, 9.17) is 10.3 Å². The third kappa shape index (κ3) is 2.03. The maximum Gasteiger partial charge on any atom is 0.259 e. The lowest BCUT2D eigenvalue weighted by atomic mass is 10.2. The summed E-state index contributed by atoms with van der Waals surface area (Å²) in [6.45, 7) is 0. The molecule has 0 amide bonds. The maximum atomic E-state index is 13.0. The van der Waals surface area contributed by atoms with Crippen molar-refractivity contribution in [1.82, 2.24) is 15.1 Å². The van der Waals surface area contributed by atoms with Gasteiger partial charge in [0, 0.05) is 6.20 Å². The molecule has 17 heavy (non-hydrogen) atoms. The lowest BCUT2D eigenvalue weighted by Crippen LogP contribution is -2.13. The molecular weight excluding hydrogens is 223 g/mol. The molecule has 1 aliphatic carbocycles. The van der Waals surface area contributed by atoms with Crippen LogP contribution >= 0.6 is 0 Å². The molecular formula is C11H11FN4O. The number of nitrogens with two attached hydrogens (primary N) is 1. The van der Waals surface area contributed by atoms with Gasteiger partial charge in [-0.2, -0.15) is 4.98 Å². The highest BCUT2D eigenvalue weighted by atomic mass is 19.1. The third-order valence-electron chi connectivity index (χ3n) is 2.82. The quantitative estimate of drug-likeness (QED) is 0.874. The molecule has 6 heteroatoms. The van der Waals surface area contributed by atoms with Crippen LogP contribution in [0.5, 0.6) is 0 Å². The number of hydrogen-bond donors (Lipinski definition) is 1. The number of pyridine rings is 1. The zero-order valence-corrected chi connectivity index (χ0v) is 9.01. The molecule has 0 spiro atoms. The highest BCUT2D eigenvalue weighted by molar-refractivity contribution is 5.50. The molecule has 5 nitrogen and oxygen atoms in total. The summed E-state index contributed by atoms with van der Waals surface area (Å²) < 4.78 is 18.0. The Kier molecular flexibility index (Phi) is 2.36. The van der Waals surface area contributed by atoms with Crippen molar-refractivity contribution in [3.63, 3.8) is 0 Å². The second-order valence-electron chi connectivity index (χ2n) is 4.21. The third-order valence-corrected chi connectivity index (χ3v) is 2.82. The highest BCUT2D eigenvalue weighted by Gasteiger charge is 2.32. The van der Waals surface area contributed by atoms with Crippen molar-refractivity contribution in [2.45, 2.75) is 18.9 Å². The Morgan fingerprint density at radius 1 is 1.41 bits per heavy atom. The summed E-state index contributed by atoms with van der Waals surface area (Å²) >= 11 is 0. The van der Waals surface area contributed by atoms with E-state index in [9.17, 15) is 4.39 Å². The molecule has 0 radical (unpaired) electrons. The SMILES string of the molecule is NC(c1noc(-c2cncc(F)c2)n1)C1CC1. The van der Waals surface area contributed by atoms with Gasteiger partial charge in [-0.3, -0.25) is 4.98 Å². The van der Waals surface area contributed by atoms with Crippen LogP contribution in [-0.2, 0) is 0 Å². The molecule has 1 aliphatic rings. The van der Waals surface area contributed by atoms with Gasteiger partial charge in [0.1, 0.15) is 5.82 Å². The van der Waals surface area contributed by atoms with Crippen molar-refractivity contribution in [3.8, 4) is 11.5 Å². The normalized spacial score (nSPS) is 17.1. The van der Waals surface area contributed by atoms with E-state index >= 15 is 0 Å². The second-order valence-corrected chi connectivity index (χ2v) is 4.21. The first kappa shape index (κ1) is 10.3. The summed E-state index contributed by atoms with van der Waals surface area (Å²) in [4.78, 5) is 7.90. The summed E-state index contributed by atoms with van der Waals surface area (Å²) in [7, 11) is 0. The fraction of sp³-hybridized carbons (Fsp3) is 0.364. The standard InChI is InChI=1S/C11H11FN4O/c12-8-3-7(4-14-5-8)11-15-10(16-17-11)9(13)6-1-2-6/h3-6,9H,1-2,13H2. The van der Waals surface area contributed by atoms with Crippen molar-refractivity contribution >= 4 is 0 Å². The van der Waals surface area contributed by atoms with Crippen molar-refractivity contribution in [2.75, 3.05) is 0 Å². The van der Waals surface area contributed by atoms with Crippen LogP contribution in [0.15, 0.2) is 23.0 Å². The molecule has 1 saturated carbocycles. The first-order chi connectivity index (χ1) is 8.24. The lowest BCUT2D eigenvalue weighted by Gasteiger charge is -2.01. The Balaban J connectivity index is 1.89. The predicted octanol–water partition coefficient (Wildman–Crippen LogP) is 1.68. The van der Waals surface area contributed by atoms with Crippen molar-refractivity contribution in [2.24, 2.45) is 11.7 Å². The van der Waals surface area contributed by atoms with Crippen LogP contribution in [0.25, 0.3) is 11.5 Å². The molecule has 2 N–H and O–H groups in total. The molecule has 0 aromatic carbocycles. The lowest BCUT2D eigenvalue weighted by molar-refractivity contribution is 0.411. The Morgan fingerprint density at radius 2 is 2.24 bits per heavy atom. The van der Waals surface area contributed by atoms with Crippen LogP contribution in [0.1, 0.15) is 24.7 Å². The molecule has 0 bridgehead atoms. The van der Waals surface area contributed by atoms with E-state index in [1.54, 1.807) is 0 Å². The fourth-order valence-corrected chi connectivity index (χ4v) is 1.68. The van der Waals surface area contributed by atoms with E-state index in [1.165, 1.54) is 12.3 Å². The average molecular weight is 234 g/mol. The first-order valence-electron chi connectivity index (χ1n) is 5.44. The maximum absolute atomic E-state index is 13.0. The fourth-order valence-electron chi connectivity index (χ4n) is 1.68. The molecule has 0 aliphatic heterocycles. The molecule has 1 fully saturated rings. The van der Waals surface area contributed by atoms with Crippen LogP contribution in [0.4, 0.5) is 4.39 Å². The van der Waals surface area contributed by atoms with Crippen LogP contribution in [0.2, 0.25) is 0 Å². The number of halogens is 1. The van der Waals surface area contributed by atoms with Gasteiger partial charge in [-0.05, 0) is 24.8 Å². The summed E-state index contributed by atoms with van der Waals surface area (Å²) in [5, 5.41) is 3.82. The van der Waals surface area contributed by atoms with Crippen molar-refractivity contribution in [1.29, 1.82) is 0 Å². The Hall–Kier alpha value is -1.82. The van der Waals surface area contributed by atoms with Gasteiger partial charge in [-0.1, -0.05) is 5.16 Å². The minimum atomic E-state index is -0.436. The van der Waals surface area contributed by atoms with Gasteiger partial charge in [0.2, 0.25) is 0 Å². The second kappa shape index (κ2) is 3.89. The molecule has 1 atom stereocenters. The monoisotopic (exact) mass is 234 g/mol. The first-order valence-corrected chi connectivity index (χ1v) is 5.44. The van der Waals surface area contributed by atoms with Gasteiger partial charge in [-0.25, -0.2) is 4.39 Å². The Morgan fingerprint density at radius 3 is 2.94 bits per heavy atom. The van der Waals surface area contributed by atoms with E-state index in [0.29, 0.717) is 17.3 Å². The van der Waals surface area contributed by atoms with E-state index < -0.39 is 5.82 Å². The van der Waals surface area contributed by atoms with Crippen LogP contribution in [0, 0.1) is 11.7 Å². The minimum Gasteiger partial charge on any atom is -0.334 e. The van der Waals surface area contributed by atoms with Gasteiger partial charge in [0.05, 0.1) is 17.8 Å². The highest BCUT2D eigenvalue weighted by Crippen LogP contribution is 2.38. The number of rotatable bonds is 3. The van der Waals surface area contributed by atoms with Gasteiger partial charge >= 0.3 is 0 Å². The molecule has 2 aromatic heterocycles. The van der Waals surface area contributed by atoms with Gasteiger partial charge < -0.3 is 10.3 Å². The summed E-state index contributed by atoms with van der Waals surface area (Å²) in [6.07, 6.45) is 4.80. The number of nitrogens with zero attached hydrogens (tertiary/aromatic N) is 3. The molecule has 1 unspecified atom stereocenters. The van der Waals surface area contributed by atoms with Crippen molar-refractivity contribution < 1.29 is 8.91 Å². The average Bonchev–Trinajstić information content (AvgIpc) is 3.05. The van der Waals surface area contributed by atoms with E-state index in [2.05, 4.69) is 15.1 Å². The molecule has 2 aromatic rings. The van der Waals surface area contributed by atoms with E-state index in [-0.39, 0.29) is 11.9 Å². The van der Waals surface area contributed by atoms with Crippen LogP contribution in [-0.4, -0.2) is 15.1 Å². The largest absolute Gasteiger partial charge is 0.334 e.